The largest absolute Gasteiger partial charge is 0.417 e. The van der Waals surface area contributed by atoms with Gasteiger partial charge in [0, 0.05) is 17.6 Å². The monoisotopic (exact) mass is 288 g/mol. The van der Waals surface area contributed by atoms with Crippen LogP contribution in [0.1, 0.15) is 22.6 Å². The molecule has 0 aliphatic carbocycles. The van der Waals surface area contributed by atoms with Crippen LogP contribution >= 0.6 is 11.6 Å². The van der Waals surface area contributed by atoms with Gasteiger partial charge in [0.15, 0.2) is 0 Å². The molecule has 0 fully saturated rings. The molecule has 0 aliphatic rings. The topological polar surface area (TPSA) is 17.8 Å². The van der Waals surface area contributed by atoms with Crippen molar-refractivity contribution in [1.82, 2.24) is 9.55 Å². The molecule has 0 spiro atoms. The maximum atomic E-state index is 12.5. The van der Waals surface area contributed by atoms with Crippen molar-refractivity contribution in [1.29, 1.82) is 0 Å². The Balaban J connectivity index is 2.33. The standard InChI is InChI=1S/C13H12ClF3N2/c1-8-3-4-9(2)19(8)7-12-11(14)5-10(6-18-12)13(15,16)17/h3-6H,7H2,1-2H3. The van der Waals surface area contributed by atoms with Crippen LogP contribution in [-0.4, -0.2) is 9.55 Å². The second-order valence-corrected chi connectivity index (χ2v) is 4.76. The number of alkyl halides is 3. The number of hydrogen-bond acceptors (Lipinski definition) is 1. The Kier molecular flexibility index (Phi) is 3.58. The molecule has 2 aromatic heterocycles. The van der Waals surface area contributed by atoms with E-state index in [4.69, 9.17) is 11.6 Å². The second-order valence-electron chi connectivity index (χ2n) is 4.35. The van der Waals surface area contributed by atoms with Crippen molar-refractivity contribution < 1.29 is 13.2 Å². The van der Waals surface area contributed by atoms with Crippen molar-refractivity contribution in [3.05, 3.63) is 52.1 Å². The van der Waals surface area contributed by atoms with Crippen LogP contribution in [0.5, 0.6) is 0 Å². The van der Waals surface area contributed by atoms with Gasteiger partial charge >= 0.3 is 6.18 Å². The minimum absolute atomic E-state index is 0.0299. The Morgan fingerprint density at radius 1 is 1.21 bits per heavy atom. The first-order valence-corrected chi connectivity index (χ1v) is 6.01. The van der Waals surface area contributed by atoms with Gasteiger partial charge in [-0.3, -0.25) is 4.98 Å². The van der Waals surface area contributed by atoms with E-state index >= 15 is 0 Å². The molecule has 19 heavy (non-hydrogen) atoms. The summed E-state index contributed by atoms with van der Waals surface area (Å²) < 4.78 is 39.4. The van der Waals surface area contributed by atoms with Gasteiger partial charge in [-0.25, -0.2) is 0 Å². The lowest BCUT2D eigenvalue weighted by molar-refractivity contribution is -0.137. The molecular weight excluding hydrogens is 277 g/mol. The predicted octanol–water partition coefficient (Wildman–Crippen LogP) is 4.22. The lowest BCUT2D eigenvalue weighted by Gasteiger charge is -2.12. The molecule has 0 N–H and O–H groups in total. The average molecular weight is 289 g/mol. The Bertz CT molecular complexity index is 583. The first-order chi connectivity index (χ1) is 8.79. The first-order valence-electron chi connectivity index (χ1n) is 5.63. The molecule has 0 amide bonds. The molecule has 2 nitrogen and oxygen atoms in total. The molecule has 0 bridgehead atoms. The van der Waals surface area contributed by atoms with Gasteiger partial charge in [0.1, 0.15) is 0 Å². The van der Waals surface area contributed by atoms with Crippen LogP contribution in [0.2, 0.25) is 5.02 Å². The predicted molar refractivity (Wildman–Crippen MR) is 67.3 cm³/mol. The van der Waals surface area contributed by atoms with Gasteiger partial charge in [-0.15, -0.1) is 0 Å². The molecule has 0 saturated carbocycles. The number of aryl methyl sites for hydroxylation is 2. The molecule has 0 radical (unpaired) electrons. The summed E-state index contributed by atoms with van der Waals surface area (Å²) in [5, 5.41) is 0.0299. The van der Waals surface area contributed by atoms with Gasteiger partial charge in [-0.05, 0) is 32.0 Å². The highest BCUT2D eigenvalue weighted by atomic mass is 35.5. The highest BCUT2D eigenvalue weighted by molar-refractivity contribution is 6.31. The fourth-order valence-electron chi connectivity index (χ4n) is 1.84. The summed E-state index contributed by atoms with van der Waals surface area (Å²) in [7, 11) is 0. The molecule has 6 heteroatoms. The normalized spacial score (nSPS) is 11.9. The molecule has 0 aliphatic heterocycles. The summed E-state index contributed by atoms with van der Waals surface area (Å²) in [5.74, 6) is 0. The molecule has 2 rings (SSSR count). The zero-order valence-corrected chi connectivity index (χ0v) is 11.2. The van der Waals surface area contributed by atoms with Gasteiger partial charge in [0.2, 0.25) is 0 Å². The van der Waals surface area contributed by atoms with E-state index in [0.717, 1.165) is 23.7 Å². The second kappa shape index (κ2) is 4.89. The van der Waals surface area contributed by atoms with Crippen molar-refractivity contribution in [2.75, 3.05) is 0 Å². The van der Waals surface area contributed by atoms with Crippen molar-refractivity contribution >= 4 is 11.6 Å². The number of pyridine rings is 1. The third kappa shape index (κ3) is 2.92. The summed E-state index contributed by atoms with van der Waals surface area (Å²) in [5.41, 5.74) is 1.62. The smallest absolute Gasteiger partial charge is 0.343 e. The average Bonchev–Trinajstić information content (AvgIpc) is 2.62. The van der Waals surface area contributed by atoms with E-state index in [1.165, 1.54) is 0 Å². The van der Waals surface area contributed by atoms with Crippen LogP contribution in [0.4, 0.5) is 13.2 Å². The van der Waals surface area contributed by atoms with Crippen molar-refractivity contribution in [3.63, 3.8) is 0 Å². The molecule has 0 unspecified atom stereocenters. The van der Waals surface area contributed by atoms with E-state index in [9.17, 15) is 13.2 Å². The number of halogens is 4. The molecule has 2 aromatic rings. The van der Waals surface area contributed by atoms with Crippen LogP contribution in [0, 0.1) is 13.8 Å². The summed E-state index contributed by atoms with van der Waals surface area (Å²) in [6, 6.07) is 4.79. The minimum Gasteiger partial charge on any atom is -0.343 e. The van der Waals surface area contributed by atoms with E-state index < -0.39 is 11.7 Å². The Morgan fingerprint density at radius 2 is 1.79 bits per heavy atom. The third-order valence-corrected chi connectivity index (χ3v) is 3.30. The lowest BCUT2D eigenvalue weighted by atomic mass is 10.2. The lowest BCUT2D eigenvalue weighted by Crippen LogP contribution is -2.09. The van der Waals surface area contributed by atoms with E-state index in [1.807, 2.05) is 30.5 Å². The quantitative estimate of drug-likeness (QED) is 0.809. The fraction of sp³-hybridized carbons (Fsp3) is 0.308. The van der Waals surface area contributed by atoms with E-state index in [0.29, 0.717) is 12.2 Å². The minimum atomic E-state index is -4.42. The summed E-state index contributed by atoms with van der Waals surface area (Å²) in [4.78, 5) is 3.83. The highest BCUT2D eigenvalue weighted by Gasteiger charge is 2.31. The number of hydrogen-bond donors (Lipinski definition) is 0. The van der Waals surface area contributed by atoms with Gasteiger partial charge < -0.3 is 4.57 Å². The molecule has 0 saturated heterocycles. The van der Waals surface area contributed by atoms with Crippen LogP contribution in [-0.2, 0) is 12.7 Å². The SMILES string of the molecule is Cc1ccc(C)n1Cc1ncc(C(F)(F)F)cc1Cl. The van der Waals surface area contributed by atoms with Crippen LogP contribution < -0.4 is 0 Å². The summed E-state index contributed by atoms with van der Waals surface area (Å²) >= 11 is 5.88. The van der Waals surface area contributed by atoms with E-state index in [1.54, 1.807) is 0 Å². The van der Waals surface area contributed by atoms with E-state index in [-0.39, 0.29) is 5.02 Å². The van der Waals surface area contributed by atoms with Crippen LogP contribution in [0.3, 0.4) is 0 Å². The van der Waals surface area contributed by atoms with Crippen molar-refractivity contribution in [3.8, 4) is 0 Å². The van der Waals surface area contributed by atoms with E-state index in [2.05, 4.69) is 4.98 Å². The Hall–Kier alpha value is -1.49. The molecule has 2 heterocycles. The number of nitrogens with zero attached hydrogens (tertiary/aromatic N) is 2. The van der Waals surface area contributed by atoms with Gasteiger partial charge in [-0.1, -0.05) is 11.6 Å². The maximum Gasteiger partial charge on any atom is 0.417 e. The summed E-state index contributed by atoms with van der Waals surface area (Å²) in [6.45, 7) is 4.21. The van der Waals surface area contributed by atoms with Gasteiger partial charge in [0.05, 0.1) is 22.8 Å². The number of rotatable bonds is 2. The number of aromatic nitrogens is 2. The van der Waals surface area contributed by atoms with Gasteiger partial charge in [-0.2, -0.15) is 13.2 Å². The Morgan fingerprint density at radius 3 is 2.26 bits per heavy atom. The zero-order chi connectivity index (χ0) is 14.2. The first kappa shape index (κ1) is 13.9. The fourth-order valence-corrected chi connectivity index (χ4v) is 2.06. The zero-order valence-electron chi connectivity index (χ0n) is 10.4. The molecule has 102 valence electrons. The highest BCUT2D eigenvalue weighted by Crippen LogP contribution is 2.31. The van der Waals surface area contributed by atoms with Crippen molar-refractivity contribution in [2.45, 2.75) is 26.6 Å². The summed E-state index contributed by atoms with van der Waals surface area (Å²) in [6.07, 6.45) is -3.61. The maximum absolute atomic E-state index is 12.5. The Labute approximate surface area is 113 Å². The molecular formula is C13H12ClF3N2. The van der Waals surface area contributed by atoms with Crippen molar-refractivity contribution in [2.24, 2.45) is 0 Å². The third-order valence-electron chi connectivity index (χ3n) is 2.97. The van der Waals surface area contributed by atoms with Crippen LogP contribution in [0.15, 0.2) is 24.4 Å². The molecule has 0 atom stereocenters. The molecule has 0 aromatic carbocycles. The van der Waals surface area contributed by atoms with Crippen LogP contribution in [0.25, 0.3) is 0 Å². The van der Waals surface area contributed by atoms with Gasteiger partial charge in [0.25, 0.3) is 0 Å².